The van der Waals surface area contributed by atoms with Crippen molar-refractivity contribution in [1.29, 1.82) is 0 Å². The maximum atomic E-state index is 13.8. The molecule has 4 aromatic rings. The highest BCUT2D eigenvalue weighted by Gasteiger charge is 2.44. The molecule has 0 saturated carbocycles. The van der Waals surface area contributed by atoms with Gasteiger partial charge in [0.15, 0.2) is 11.5 Å². The average Bonchev–Trinajstić information content (AvgIpc) is 3.35. The van der Waals surface area contributed by atoms with Crippen LogP contribution >= 0.6 is 0 Å². The van der Waals surface area contributed by atoms with Crippen molar-refractivity contribution in [2.24, 2.45) is 7.05 Å². The van der Waals surface area contributed by atoms with Crippen molar-refractivity contribution in [2.75, 3.05) is 14.2 Å². The van der Waals surface area contributed by atoms with E-state index >= 15 is 0 Å². The molecule has 0 spiro atoms. The minimum atomic E-state index is -0.453. The molecule has 1 aliphatic rings. The molecule has 1 atom stereocenters. The number of carbonyl (C=O) groups is 1. The second kappa shape index (κ2) is 8.83. The number of carbonyl (C=O) groups excluding carboxylic acids is 1. The summed E-state index contributed by atoms with van der Waals surface area (Å²) in [6.45, 7) is 2.45. The van der Waals surface area contributed by atoms with Gasteiger partial charge in [0, 0.05) is 24.7 Å². The molecule has 1 N–H and O–H groups in total. The van der Waals surface area contributed by atoms with Gasteiger partial charge in [-0.3, -0.25) is 9.48 Å². The minimum Gasteiger partial charge on any atom is -0.502 e. The monoisotopic (exact) mass is 469 g/mol. The predicted molar refractivity (Wildman–Crippen MR) is 133 cm³/mol. The van der Waals surface area contributed by atoms with Gasteiger partial charge in [0.2, 0.25) is 5.75 Å². The number of fused-ring (bicyclic) bond motifs is 1. The van der Waals surface area contributed by atoms with Crippen LogP contribution < -0.4 is 9.47 Å². The first-order valence-corrected chi connectivity index (χ1v) is 11.4. The molecule has 0 fully saturated rings. The molecule has 7 nitrogen and oxygen atoms in total. The third kappa shape index (κ3) is 3.79. The molecular weight excluding hydrogens is 442 g/mol. The first kappa shape index (κ1) is 22.5. The zero-order valence-electron chi connectivity index (χ0n) is 20.1. The highest BCUT2D eigenvalue weighted by atomic mass is 16.5. The summed E-state index contributed by atoms with van der Waals surface area (Å²) >= 11 is 0. The van der Waals surface area contributed by atoms with Crippen molar-refractivity contribution in [1.82, 2.24) is 14.7 Å². The molecule has 2 heterocycles. The van der Waals surface area contributed by atoms with Gasteiger partial charge in [-0.2, -0.15) is 5.10 Å². The molecule has 1 aliphatic heterocycles. The number of hydrogen-bond acceptors (Lipinski definition) is 5. The van der Waals surface area contributed by atoms with Crippen LogP contribution in [-0.4, -0.2) is 39.9 Å². The molecular formula is C28H27N3O4. The predicted octanol–water partition coefficient (Wildman–Crippen LogP) is 4.86. The van der Waals surface area contributed by atoms with E-state index in [1.54, 1.807) is 23.9 Å². The van der Waals surface area contributed by atoms with Gasteiger partial charge in [-0.25, -0.2) is 0 Å². The van der Waals surface area contributed by atoms with Crippen LogP contribution in [0.1, 0.15) is 38.8 Å². The Labute approximate surface area is 204 Å². The maximum absolute atomic E-state index is 13.8. The number of methoxy groups -OCH3 is 2. The van der Waals surface area contributed by atoms with E-state index in [1.165, 1.54) is 14.2 Å². The van der Waals surface area contributed by atoms with E-state index in [-0.39, 0.29) is 23.2 Å². The lowest BCUT2D eigenvalue weighted by Gasteiger charge is -2.27. The maximum Gasteiger partial charge on any atom is 0.273 e. The fourth-order valence-electron chi connectivity index (χ4n) is 4.75. The molecule has 1 aromatic heterocycles. The summed E-state index contributed by atoms with van der Waals surface area (Å²) < 4.78 is 12.5. The Morgan fingerprint density at radius 3 is 2.20 bits per heavy atom. The number of hydrogen-bond donors (Lipinski definition) is 1. The summed E-state index contributed by atoms with van der Waals surface area (Å²) in [4.78, 5) is 15.7. The van der Waals surface area contributed by atoms with Crippen molar-refractivity contribution in [3.63, 3.8) is 0 Å². The Kier molecular flexibility index (Phi) is 5.68. The molecule has 3 aromatic carbocycles. The second-order valence-corrected chi connectivity index (χ2v) is 8.70. The Bertz CT molecular complexity index is 1370. The zero-order chi connectivity index (χ0) is 24.7. The molecule has 0 unspecified atom stereocenters. The number of aromatic nitrogens is 2. The zero-order valence-corrected chi connectivity index (χ0v) is 20.1. The van der Waals surface area contributed by atoms with Crippen LogP contribution in [0.25, 0.3) is 11.3 Å². The molecule has 0 aliphatic carbocycles. The van der Waals surface area contributed by atoms with Crippen LogP contribution in [0.5, 0.6) is 17.2 Å². The lowest BCUT2D eigenvalue weighted by molar-refractivity contribution is 0.0725. The van der Waals surface area contributed by atoms with Crippen molar-refractivity contribution in [2.45, 2.75) is 19.5 Å². The highest BCUT2D eigenvalue weighted by molar-refractivity contribution is 6.00. The number of ether oxygens (including phenoxy) is 2. The molecule has 178 valence electrons. The average molecular weight is 470 g/mol. The number of benzene rings is 3. The second-order valence-electron chi connectivity index (χ2n) is 8.70. The SMILES string of the molecule is COc1cc([C@H]2c3c(-c4ccc(C)cc4)nn(C)c3C(=O)N2Cc2ccccc2)cc(OC)c1O. The number of phenols is 1. The third-order valence-electron chi connectivity index (χ3n) is 6.47. The summed E-state index contributed by atoms with van der Waals surface area (Å²) in [5.74, 6) is 0.373. The van der Waals surface area contributed by atoms with Crippen LogP contribution in [0, 0.1) is 6.92 Å². The third-order valence-corrected chi connectivity index (χ3v) is 6.47. The summed E-state index contributed by atoms with van der Waals surface area (Å²) in [6, 6.07) is 21.1. The highest BCUT2D eigenvalue weighted by Crippen LogP contribution is 2.48. The van der Waals surface area contributed by atoms with E-state index in [9.17, 15) is 9.90 Å². The van der Waals surface area contributed by atoms with E-state index in [2.05, 4.69) is 0 Å². The van der Waals surface area contributed by atoms with Crippen molar-refractivity contribution in [3.8, 4) is 28.5 Å². The van der Waals surface area contributed by atoms with Crippen LogP contribution in [0.3, 0.4) is 0 Å². The first-order chi connectivity index (χ1) is 16.9. The van der Waals surface area contributed by atoms with E-state index in [1.807, 2.05) is 66.4 Å². The van der Waals surface area contributed by atoms with Crippen LogP contribution in [0.4, 0.5) is 0 Å². The van der Waals surface area contributed by atoms with Gasteiger partial charge in [-0.05, 0) is 30.2 Å². The lowest BCUT2D eigenvalue weighted by atomic mass is 9.95. The van der Waals surface area contributed by atoms with Crippen LogP contribution in [-0.2, 0) is 13.6 Å². The normalized spacial score (nSPS) is 14.8. The Morgan fingerprint density at radius 2 is 1.60 bits per heavy atom. The molecule has 0 saturated heterocycles. The summed E-state index contributed by atoms with van der Waals surface area (Å²) in [5.41, 5.74) is 5.99. The summed E-state index contributed by atoms with van der Waals surface area (Å²) in [6.07, 6.45) is 0. The number of aromatic hydroxyl groups is 1. The van der Waals surface area contributed by atoms with Crippen molar-refractivity contribution >= 4 is 5.91 Å². The first-order valence-electron chi connectivity index (χ1n) is 11.4. The molecule has 0 bridgehead atoms. The number of rotatable bonds is 6. The number of aryl methyl sites for hydroxylation is 2. The number of amides is 1. The Hall–Kier alpha value is -4.26. The van der Waals surface area contributed by atoms with Crippen molar-refractivity contribution < 1.29 is 19.4 Å². The van der Waals surface area contributed by atoms with Crippen molar-refractivity contribution in [3.05, 3.63) is 94.7 Å². The quantitative estimate of drug-likeness (QED) is 0.436. The van der Waals surface area contributed by atoms with E-state index in [0.717, 1.165) is 33.5 Å². The summed E-state index contributed by atoms with van der Waals surface area (Å²) in [7, 11) is 4.79. The standard InChI is InChI=1S/C28H27N3O4/c1-17-10-12-19(13-11-17)24-23-25(20-14-21(34-3)27(32)22(15-20)35-4)31(16-18-8-6-5-7-9-18)28(33)26(23)30(2)29-24/h5-15,25,32H,16H2,1-4H3/t25-/m0/s1. The molecule has 35 heavy (non-hydrogen) atoms. The van der Waals surface area contributed by atoms with Gasteiger partial charge >= 0.3 is 0 Å². The van der Waals surface area contributed by atoms with E-state index in [0.29, 0.717) is 12.2 Å². The topological polar surface area (TPSA) is 76.8 Å². The minimum absolute atomic E-state index is 0.0807. The van der Waals surface area contributed by atoms with E-state index in [4.69, 9.17) is 14.6 Å². The smallest absolute Gasteiger partial charge is 0.273 e. The largest absolute Gasteiger partial charge is 0.502 e. The van der Waals surface area contributed by atoms with Crippen LogP contribution in [0.2, 0.25) is 0 Å². The van der Waals surface area contributed by atoms with Gasteiger partial charge in [-0.15, -0.1) is 0 Å². The molecule has 1 amide bonds. The molecule has 0 radical (unpaired) electrons. The fraction of sp³-hybridized carbons (Fsp3) is 0.214. The Morgan fingerprint density at radius 1 is 0.971 bits per heavy atom. The number of nitrogens with zero attached hydrogens (tertiary/aromatic N) is 3. The fourth-order valence-corrected chi connectivity index (χ4v) is 4.75. The molecule has 5 rings (SSSR count). The van der Waals surface area contributed by atoms with Gasteiger partial charge in [0.05, 0.1) is 26.0 Å². The van der Waals surface area contributed by atoms with Crippen LogP contribution in [0.15, 0.2) is 66.7 Å². The molecule has 7 heteroatoms. The van der Waals surface area contributed by atoms with Gasteiger partial charge in [0.25, 0.3) is 5.91 Å². The van der Waals surface area contributed by atoms with Gasteiger partial charge < -0.3 is 19.5 Å². The van der Waals surface area contributed by atoms with Gasteiger partial charge in [-0.1, -0.05) is 60.2 Å². The Balaban J connectivity index is 1.74. The lowest BCUT2D eigenvalue weighted by Crippen LogP contribution is -2.29. The van der Waals surface area contributed by atoms with Gasteiger partial charge in [0.1, 0.15) is 5.69 Å². The summed E-state index contributed by atoms with van der Waals surface area (Å²) in [5, 5.41) is 15.3. The number of phenolic OH excluding ortho intramolecular Hbond substituents is 1. The van der Waals surface area contributed by atoms with E-state index < -0.39 is 6.04 Å².